The van der Waals surface area contributed by atoms with Crippen LogP contribution in [0.3, 0.4) is 0 Å². The van der Waals surface area contributed by atoms with Gasteiger partial charge in [-0.15, -0.1) is 9.81 Å². The molecule has 0 aliphatic rings. The van der Waals surface area contributed by atoms with E-state index in [9.17, 15) is 14.6 Å². The number of hydrogen-bond acceptors (Lipinski definition) is 6. The number of anilines is 1. The van der Waals surface area contributed by atoms with Crippen LogP contribution in [0.4, 0.5) is 17.1 Å². The fraction of sp³-hybridized carbons (Fsp3) is 0.222. The molecule has 0 bridgehead atoms. The third-order valence-corrected chi connectivity index (χ3v) is 1.93. The van der Waals surface area contributed by atoms with Crippen molar-refractivity contribution in [1.82, 2.24) is 0 Å². The number of hydrogen-bond donors (Lipinski definition) is 2. The normalized spacial score (nSPS) is 11.6. The fourth-order valence-electron chi connectivity index (χ4n) is 1.07. The summed E-state index contributed by atoms with van der Waals surface area (Å²) < 4.78 is 0. The average Bonchev–Trinajstić information content (AvgIpc) is 2.29. The lowest BCUT2D eigenvalue weighted by Gasteiger charge is -2.11. The zero-order chi connectivity index (χ0) is 12.1. The Labute approximate surface area is 90.4 Å². The minimum absolute atomic E-state index is 0.0507. The molecule has 0 radical (unpaired) electrons. The van der Waals surface area contributed by atoms with Crippen LogP contribution in [0.25, 0.3) is 0 Å². The van der Waals surface area contributed by atoms with Crippen molar-refractivity contribution in [3.05, 3.63) is 28.0 Å². The van der Waals surface area contributed by atoms with Crippen LogP contribution in [0.1, 0.15) is 6.92 Å². The van der Waals surface area contributed by atoms with Gasteiger partial charge in [-0.3, -0.25) is 4.79 Å². The van der Waals surface area contributed by atoms with Crippen LogP contribution in [-0.4, -0.2) is 17.1 Å². The van der Waals surface area contributed by atoms with Gasteiger partial charge in [0, 0.05) is 0 Å². The van der Waals surface area contributed by atoms with Gasteiger partial charge in [-0.05, 0) is 35.5 Å². The summed E-state index contributed by atoms with van der Waals surface area (Å²) in [6, 6.07) is 3.05. The first kappa shape index (κ1) is 11.8. The van der Waals surface area contributed by atoms with Gasteiger partial charge in [-0.25, -0.2) is 0 Å². The number of carbonyl (C=O) groups is 1. The monoisotopic (exact) mass is 223 g/mol. The molecule has 0 saturated carbocycles. The lowest BCUT2D eigenvalue weighted by atomic mass is 10.2. The fourth-order valence-corrected chi connectivity index (χ4v) is 1.07. The minimum Gasteiger partial charge on any atom is -0.480 e. The van der Waals surface area contributed by atoms with Crippen LogP contribution >= 0.6 is 0 Å². The van der Waals surface area contributed by atoms with Crippen molar-refractivity contribution in [2.45, 2.75) is 13.0 Å². The van der Waals surface area contributed by atoms with E-state index in [-0.39, 0.29) is 17.1 Å². The van der Waals surface area contributed by atoms with Crippen LogP contribution < -0.4 is 5.32 Å². The molecule has 1 aromatic carbocycles. The van der Waals surface area contributed by atoms with Crippen LogP contribution in [0.2, 0.25) is 0 Å². The first-order valence-electron chi connectivity index (χ1n) is 4.38. The van der Waals surface area contributed by atoms with Crippen molar-refractivity contribution in [3.8, 4) is 0 Å². The van der Waals surface area contributed by atoms with Crippen molar-refractivity contribution in [2.75, 3.05) is 5.32 Å². The molecule has 0 aromatic heterocycles. The Balaban J connectivity index is 3.00. The van der Waals surface area contributed by atoms with E-state index in [0.717, 1.165) is 0 Å². The molecule has 0 fully saturated rings. The standard InChI is InChI=1S/C9H9N3O4/c1-5(9(13)14)10-7-3-2-6(11-15)4-8(7)12-16/h2-5,10H,1H3,(H,13,14). The van der Waals surface area contributed by atoms with Crippen LogP contribution in [0, 0.1) is 9.81 Å². The molecular formula is C9H9N3O4. The molecule has 7 nitrogen and oxygen atoms in total. The summed E-state index contributed by atoms with van der Waals surface area (Å²) >= 11 is 0. The second-order valence-electron chi connectivity index (χ2n) is 3.09. The molecule has 1 rings (SSSR count). The number of nitrogens with zero attached hydrogens (tertiary/aromatic N) is 2. The first-order chi connectivity index (χ1) is 7.58. The molecular weight excluding hydrogens is 214 g/mol. The zero-order valence-electron chi connectivity index (χ0n) is 8.38. The van der Waals surface area contributed by atoms with Crippen molar-refractivity contribution < 1.29 is 9.90 Å². The number of aliphatic carboxylic acids is 1. The van der Waals surface area contributed by atoms with E-state index in [1.54, 1.807) is 0 Å². The van der Waals surface area contributed by atoms with Gasteiger partial charge in [0.25, 0.3) is 0 Å². The Morgan fingerprint density at radius 1 is 1.38 bits per heavy atom. The van der Waals surface area contributed by atoms with E-state index in [0.29, 0.717) is 0 Å². The molecule has 0 aliphatic carbocycles. The van der Waals surface area contributed by atoms with E-state index in [1.165, 1.54) is 25.1 Å². The van der Waals surface area contributed by atoms with Gasteiger partial charge in [-0.1, -0.05) is 0 Å². The third kappa shape index (κ3) is 2.59. The number of carboxylic acid groups (broad SMARTS) is 1. The van der Waals surface area contributed by atoms with E-state index < -0.39 is 12.0 Å². The third-order valence-electron chi connectivity index (χ3n) is 1.93. The highest BCUT2D eigenvalue weighted by molar-refractivity contribution is 5.79. The second-order valence-corrected chi connectivity index (χ2v) is 3.09. The highest BCUT2D eigenvalue weighted by Gasteiger charge is 2.13. The van der Waals surface area contributed by atoms with Crippen molar-refractivity contribution >= 4 is 23.0 Å². The average molecular weight is 223 g/mol. The largest absolute Gasteiger partial charge is 0.480 e. The quantitative estimate of drug-likeness (QED) is 0.745. The maximum atomic E-state index is 10.6. The summed E-state index contributed by atoms with van der Waals surface area (Å²) in [5, 5.41) is 16.6. The lowest BCUT2D eigenvalue weighted by Crippen LogP contribution is -2.25. The maximum Gasteiger partial charge on any atom is 0.325 e. The highest BCUT2D eigenvalue weighted by Crippen LogP contribution is 2.29. The smallest absolute Gasteiger partial charge is 0.325 e. The van der Waals surface area contributed by atoms with E-state index in [4.69, 9.17) is 5.11 Å². The van der Waals surface area contributed by atoms with Crippen LogP contribution in [-0.2, 0) is 4.79 Å². The van der Waals surface area contributed by atoms with Gasteiger partial charge < -0.3 is 10.4 Å². The molecule has 2 N–H and O–H groups in total. The summed E-state index contributed by atoms with van der Waals surface area (Å²) in [7, 11) is 0. The number of carboxylic acids is 1. The number of nitroso groups, excluding NO2 is 2. The molecule has 0 saturated heterocycles. The first-order valence-corrected chi connectivity index (χ1v) is 4.38. The van der Waals surface area contributed by atoms with E-state index >= 15 is 0 Å². The van der Waals surface area contributed by atoms with E-state index in [2.05, 4.69) is 15.7 Å². The molecule has 16 heavy (non-hydrogen) atoms. The number of nitrogens with one attached hydrogen (secondary N) is 1. The number of benzene rings is 1. The van der Waals surface area contributed by atoms with Gasteiger partial charge in [0.15, 0.2) is 0 Å². The van der Waals surface area contributed by atoms with Crippen molar-refractivity contribution in [2.24, 2.45) is 10.4 Å². The SMILES string of the molecule is CC(Nc1ccc(N=O)cc1N=O)C(=O)O. The number of rotatable bonds is 5. The van der Waals surface area contributed by atoms with Gasteiger partial charge in [0.2, 0.25) is 0 Å². The van der Waals surface area contributed by atoms with Gasteiger partial charge in [-0.2, -0.15) is 0 Å². The van der Waals surface area contributed by atoms with Crippen molar-refractivity contribution in [3.63, 3.8) is 0 Å². The topological polar surface area (TPSA) is 108 Å². The highest BCUT2D eigenvalue weighted by atomic mass is 16.4. The van der Waals surface area contributed by atoms with Crippen LogP contribution in [0.5, 0.6) is 0 Å². The summed E-state index contributed by atoms with van der Waals surface area (Å²) in [4.78, 5) is 31.3. The predicted octanol–water partition coefficient (Wildman–Crippen LogP) is 2.37. The molecule has 0 aliphatic heterocycles. The summed E-state index contributed by atoms with van der Waals surface area (Å²) in [5.41, 5.74) is 0.255. The van der Waals surface area contributed by atoms with Gasteiger partial charge >= 0.3 is 5.97 Å². The molecule has 0 amide bonds. The molecule has 0 heterocycles. The lowest BCUT2D eigenvalue weighted by molar-refractivity contribution is -0.137. The summed E-state index contributed by atoms with van der Waals surface area (Å²) in [6.07, 6.45) is 0. The van der Waals surface area contributed by atoms with Gasteiger partial charge in [0.05, 0.1) is 5.69 Å². The molecule has 1 atom stereocenters. The summed E-state index contributed by atoms with van der Waals surface area (Å²) in [5.74, 6) is -1.06. The predicted molar refractivity (Wildman–Crippen MR) is 58.1 cm³/mol. The Hall–Kier alpha value is -2.31. The Morgan fingerprint density at radius 3 is 2.56 bits per heavy atom. The minimum atomic E-state index is -1.06. The van der Waals surface area contributed by atoms with Crippen LogP contribution in [0.15, 0.2) is 28.6 Å². The molecule has 1 aromatic rings. The molecule has 84 valence electrons. The maximum absolute atomic E-state index is 10.6. The summed E-state index contributed by atoms with van der Waals surface area (Å²) in [6.45, 7) is 1.42. The Bertz CT molecular complexity index is 433. The second kappa shape index (κ2) is 4.96. The molecule has 7 heteroatoms. The van der Waals surface area contributed by atoms with Gasteiger partial charge in [0.1, 0.15) is 17.4 Å². The zero-order valence-corrected chi connectivity index (χ0v) is 8.38. The Kier molecular flexibility index (Phi) is 3.65. The Morgan fingerprint density at radius 2 is 2.06 bits per heavy atom. The molecule has 1 unspecified atom stereocenters. The molecule has 0 spiro atoms. The van der Waals surface area contributed by atoms with Crippen molar-refractivity contribution in [1.29, 1.82) is 0 Å². The van der Waals surface area contributed by atoms with E-state index in [1.807, 2.05) is 0 Å².